The van der Waals surface area contributed by atoms with Gasteiger partial charge in [0, 0.05) is 11.3 Å². The number of methoxy groups -OCH3 is 1. The SMILES string of the molecule is COc1cccc(C(=O)NC(=S)Nc2cc(Br)c(O)c(Br)c2)c1. The van der Waals surface area contributed by atoms with E-state index in [4.69, 9.17) is 17.0 Å². The third-order valence-corrected chi connectivity index (χ3v) is 4.25. The minimum absolute atomic E-state index is 0.0851. The molecule has 0 saturated heterocycles. The van der Waals surface area contributed by atoms with Crippen LogP contribution in [0.3, 0.4) is 0 Å². The zero-order valence-corrected chi connectivity index (χ0v) is 15.9. The molecule has 8 heteroatoms. The minimum Gasteiger partial charge on any atom is -0.506 e. The number of benzene rings is 2. The van der Waals surface area contributed by atoms with Crippen LogP contribution in [0.2, 0.25) is 0 Å². The number of hydrogen-bond donors (Lipinski definition) is 3. The van der Waals surface area contributed by atoms with E-state index in [0.29, 0.717) is 25.9 Å². The predicted octanol–water partition coefficient (Wildman–Crippen LogP) is 4.05. The highest BCUT2D eigenvalue weighted by Gasteiger charge is 2.11. The van der Waals surface area contributed by atoms with Crippen LogP contribution in [0.25, 0.3) is 0 Å². The molecule has 0 heterocycles. The van der Waals surface area contributed by atoms with Crippen LogP contribution < -0.4 is 15.4 Å². The Morgan fingerprint density at radius 3 is 2.48 bits per heavy atom. The van der Waals surface area contributed by atoms with Gasteiger partial charge in [0.25, 0.3) is 5.91 Å². The van der Waals surface area contributed by atoms with Crippen molar-refractivity contribution in [1.82, 2.24) is 5.32 Å². The number of phenols is 1. The molecule has 3 N–H and O–H groups in total. The molecule has 0 atom stereocenters. The van der Waals surface area contributed by atoms with E-state index in [1.54, 1.807) is 36.4 Å². The first-order valence-corrected chi connectivity index (χ1v) is 8.34. The maximum absolute atomic E-state index is 12.1. The Hall–Kier alpha value is -1.64. The molecule has 0 aromatic heterocycles. The van der Waals surface area contributed by atoms with Crippen LogP contribution >= 0.6 is 44.1 Å². The van der Waals surface area contributed by atoms with Crippen LogP contribution in [0.4, 0.5) is 5.69 Å². The van der Waals surface area contributed by atoms with Crippen LogP contribution in [-0.4, -0.2) is 23.2 Å². The molecule has 0 aliphatic rings. The Morgan fingerprint density at radius 1 is 1.22 bits per heavy atom. The predicted molar refractivity (Wildman–Crippen MR) is 100 cm³/mol. The van der Waals surface area contributed by atoms with Gasteiger partial charge in [0.05, 0.1) is 16.1 Å². The topological polar surface area (TPSA) is 70.6 Å². The van der Waals surface area contributed by atoms with Crippen molar-refractivity contribution in [1.29, 1.82) is 0 Å². The molecule has 0 saturated carbocycles. The Bertz CT molecular complexity index is 745. The zero-order chi connectivity index (χ0) is 17.0. The van der Waals surface area contributed by atoms with Crippen molar-refractivity contribution < 1.29 is 14.6 Å². The molecule has 0 aliphatic carbocycles. The lowest BCUT2D eigenvalue weighted by Gasteiger charge is -2.11. The second kappa shape index (κ2) is 7.76. The van der Waals surface area contributed by atoms with Gasteiger partial charge in [0.2, 0.25) is 0 Å². The number of nitrogens with one attached hydrogen (secondary N) is 2. The normalized spacial score (nSPS) is 10.0. The summed E-state index contributed by atoms with van der Waals surface area (Å²) < 4.78 is 6.07. The second-order valence-corrected chi connectivity index (χ2v) is 6.55. The highest BCUT2D eigenvalue weighted by atomic mass is 79.9. The lowest BCUT2D eigenvalue weighted by molar-refractivity contribution is 0.0977. The summed E-state index contributed by atoms with van der Waals surface area (Å²) in [5.41, 5.74) is 1.04. The van der Waals surface area contributed by atoms with Crippen LogP contribution in [-0.2, 0) is 0 Å². The maximum Gasteiger partial charge on any atom is 0.257 e. The molecule has 5 nitrogen and oxygen atoms in total. The smallest absolute Gasteiger partial charge is 0.257 e. The summed E-state index contributed by atoms with van der Waals surface area (Å²) in [6, 6.07) is 10.0. The average Bonchev–Trinajstić information content (AvgIpc) is 2.52. The van der Waals surface area contributed by atoms with Crippen LogP contribution in [0, 0.1) is 0 Å². The van der Waals surface area contributed by atoms with Crippen molar-refractivity contribution >= 4 is 60.8 Å². The first kappa shape index (κ1) is 17.7. The van der Waals surface area contributed by atoms with Crippen molar-refractivity contribution in [2.75, 3.05) is 12.4 Å². The van der Waals surface area contributed by atoms with Crippen LogP contribution in [0.15, 0.2) is 45.3 Å². The third kappa shape index (κ3) is 4.66. The number of phenolic OH excluding ortho intramolecular Hbond substituents is 1. The Morgan fingerprint density at radius 2 is 1.87 bits per heavy atom. The maximum atomic E-state index is 12.1. The van der Waals surface area contributed by atoms with Gasteiger partial charge in [-0.3, -0.25) is 10.1 Å². The molecule has 0 radical (unpaired) electrons. The largest absolute Gasteiger partial charge is 0.506 e. The molecule has 120 valence electrons. The number of rotatable bonds is 3. The monoisotopic (exact) mass is 458 g/mol. The summed E-state index contributed by atoms with van der Waals surface area (Å²) in [5.74, 6) is 0.322. The molecule has 0 unspecified atom stereocenters. The molecule has 2 rings (SSSR count). The van der Waals surface area contributed by atoms with Crippen molar-refractivity contribution in [2.24, 2.45) is 0 Å². The number of aromatic hydroxyl groups is 1. The summed E-state index contributed by atoms with van der Waals surface area (Å²) in [6.07, 6.45) is 0. The van der Waals surface area contributed by atoms with E-state index in [1.807, 2.05) is 0 Å². The van der Waals surface area contributed by atoms with Gasteiger partial charge in [0.1, 0.15) is 11.5 Å². The lowest BCUT2D eigenvalue weighted by atomic mass is 10.2. The molecule has 0 bridgehead atoms. The quantitative estimate of drug-likeness (QED) is 0.477. The number of anilines is 1. The molecular weight excluding hydrogens is 448 g/mol. The van der Waals surface area contributed by atoms with E-state index >= 15 is 0 Å². The van der Waals surface area contributed by atoms with Crippen LogP contribution in [0.5, 0.6) is 11.5 Å². The van der Waals surface area contributed by atoms with Crippen molar-refractivity contribution in [3.05, 3.63) is 50.9 Å². The number of thiocarbonyl (C=S) groups is 1. The van der Waals surface area contributed by atoms with Gasteiger partial charge in [-0.25, -0.2) is 0 Å². The highest BCUT2D eigenvalue weighted by molar-refractivity contribution is 9.11. The Kier molecular flexibility index (Phi) is 5.97. The van der Waals surface area contributed by atoms with Gasteiger partial charge in [0.15, 0.2) is 5.11 Å². The number of ether oxygens (including phenoxy) is 1. The minimum atomic E-state index is -0.349. The molecule has 2 aromatic carbocycles. The second-order valence-electron chi connectivity index (χ2n) is 4.43. The van der Waals surface area contributed by atoms with E-state index < -0.39 is 0 Å². The number of hydrogen-bond acceptors (Lipinski definition) is 4. The van der Waals surface area contributed by atoms with E-state index in [-0.39, 0.29) is 16.8 Å². The Labute approximate surface area is 155 Å². The number of halogens is 2. The summed E-state index contributed by atoms with van der Waals surface area (Å²) in [4.78, 5) is 12.1. The fourth-order valence-electron chi connectivity index (χ4n) is 1.74. The van der Waals surface area contributed by atoms with Gasteiger partial charge < -0.3 is 15.2 Å². The van der Waals surface area contributed by atoms with Crippen molar-refractivity contribution in [3.8, 4) is 11.5 Å². The molecule has 0 fully saturated rings. The van der Waals surface area contributed by atoms with E-state index in [1.165, 1.54) is 7.11 Å². The summed E-state index contributed by atoms with van der Waals surface area (Å²) in [7, 11) is 1.53. The van der Waals surface area contributed by atoms with E-state index in [2.05, 4.69) is 42.5 Å². The van der Waals surface area contributed by atoms with Gasteiger partial charge in [-0.15, -0.1) is 0 Å². The van der Waals surface area contributed by atoms with E-state index in [0.717, 1.165) is 0 Å². The highest BCUT2D eigenvalue weighted by Crippen LogP contribution is 2.35. The molecule has 2 aromatic rings. The molecular formula is C15H12Br2N2O3S. The first-order valence-electron chi connectivity index (χ1n) is 6.35. The summed E-state index contributed by atoms with van der Waals surface area (Å²) in [6.45, 7) is 0. The molecule has 23 heavy (non-hydrogen) atoms. The number of carbonyl (C=O) groups excluding carboxylic acids is 1. The first-order chi connectivity index (χ1) is 10.9. The van der Waals surface area contributed by atoms with Crippen molar-refractivity contribution in [3.63, 3.8) is 0 Å². The van der Waals surface area contributed by atoms with Gasteiger partial charge in [-0.1, -0.05) is 6.07 Å². The fourth-order valence-corrected chi connectivity index (χ4v) is 3.14. The summed E-state index contributed by atoms with van der Waals surface area (Å²) >= 11 is 11.6. The lowest BCUT2D eigenvalue weighted by Crippen LogP contribution is -2.34. The third-order valence-electron chi connectivity index (χ3n) is 2.83. The molecule has 0 spiro atoms. The number of carbonyl (C=O) groups is 1. The zero-order valence-electron chi connectivity index (χ0n) is 11.9. The van der Waals surface area contributed by atoms with Gasteiger partial charge in [-0.05, 0) is 74.4 Å². The van der Waals surface area contributed by atoms with Crippen molar-refractivity contribution in [2.45, 2.75) is 0 Å². The van der Waals surface area contributed by atoms with Crippen LogP contribution in [0.1, 0.15) is 10.4 Å². The van der Waals surface area contributed by atoms with E-state index in [9.17, 15) is 9.90 Å². The average molecular weight is 460 g/mol. The fraction of sp³-hybridized carbons (Fsp3) is 0.0667. The van der Waals surface area contributed by atoms with Gasteiger partial charge >= 0.3 is 0 Å². The Balaban J connectivity index is 2.05. The summed E-state index contributed by atoms with van der Waals surface area (Å²) in [5, 5.41) is 15.3. The number of amides is 1. The molecule has 0 aliphatic heterocycles. The standard InChI is InChI=1S/C15H12Br2N2O3S/c1-22-10-4-2-3-8(5-10)14(21)19-15(23)18-9-6-11(16)13(20)12(17)7-9/h2-7,20H,1H3,(H2,18,19,21,23). The molecule has 1 amide bonds. The van der Waals surface area contributed by atoms with Gasteiger partial charge in [-0.2, -0.15) is 0 Å².